The lowest BCUT2D eigenvalue weighted by Crippen LogP contribution is -2.06. The maximum Gasteiger partial charge on any atom is 0.338 e. The first-order valence-electron chi connectivity index (χ1n) is 5.18. The molecule has 5 nitrogen and oxygen atoms in total. The van der Waals surface area contributed by atoms with E-state index in [1.165, 1.54) is 12.3 Å². The van der Waals surface area contributed by atoms with Crippen LogP contribution in [0.2, 0.25) is 0 Å². The molecule has 0 bridgehead atoms. The number of fused-ring (bicyclic) bond motifs is 1. The van der Waals surface area contributed by atoms with Gasteiger partial charge >= 0.3 is 5.97 Å². The lowest BCUT2D eigenvalue weighted by molar-refractivity contribution is 0.0529. The highest BCUT2D eigenvalue weighted by molar-refractivity contribution is 6.07. The molecule has 0 radical (unpaired) electrons. The summed E-state index contributed by atoms with van der Waals surface area (Å²) in [5.41, 5.74) is 6.35. The van der Waals surface area contributed by atoms with Crippen molar-refractivity contribution in [1.29, 1.82) is 0 Å². The number of aromatic hydroxyl groups is 1. The summed E-state index contributed by atoms with van der Waals surface area (Å²) < 4.78 is 4.93. The molecule has 0 amide bonds. The molecule has 1 aromatic carbocycles. The first-order valence-corrected chi connectivity index (χ1v) is 5.18. The molecule has 5 heteroatoms. The van der Waals surface area contributed by atoms with Crippen molar-refractivity contribution in [2.24, 2.45) is 0 Å². The number of rotatable bonds is 2. The number of aromatic nitrogens is 1. The third kappa shape index (κ3) is 1.87. The molecular weight excluding hydrogens is 220 g/mol. The first kappa shape index (κ1) is 11.2. The zero-order chi connectivity index (χ0) is 12.4. The Labute approximate surface area is 97.8 Å². The average molecular weight is 232 g/mol. The third-order valence-corrected chi connectivity index (χ3v) is 2.39. The van der Waals surface area contributed by atoms with E-state index >= 15 is 0 Å². The Morgan fingerprint density at radius 3 is 3.06 bits per heavy atom. The molecule has 0 saturated heterocycles. The summed E-state index contributed by atoms with van der Waals surface area (Å²) in [7, 11) is 0. The number of carbonyl (C=O) groups excluding carboxylic acids is 1. The molecule has 0 unspecified atom stereocenters. The van der Waals surface area contributed by atoms with Gasteiger partial charge in [0.05, 0.1) is 17.9 Å². The second kappa shape index (κ2) is 4.29. The van der Waals surface area contributed by atoms with Crippen molar-refractivity contribution in [2.45, 2.75) is 6.92 Å². The number of pyridine rings is 1. The van der Waals surface area contributed by atoms with Crippen LogP contribution in [0.4, 0.5) is 5.69 Å². The van der Waals surface area contributed by atoms with E-state index in [9.17, 15) is 9.90 Å². The van der Waals surface area contributed by atoms with Gasteiger partial charge in [0, 0.05) is 11.6 Å². The van der Waals surface area contributed by atoms with Gasteiger partial charge in [-0.1, -0.05) is 6.07 Å². The van der Waals surface area contributed by atoms with E-state index in [1.54, 1.807) is 19.1 Å². The molecule has 0 saturated carbocycles. The first-order chi connectivity index (χ1) is 8.15. The van der Waals surface area contributed by atoms with Gasteiger partial charge in [0.1, 0.15) is 5.52 Å². The van der Waals surface area contributed by atoms with Crippen LogP contribution >= 0.6 is 0 Å². The maximum absolute atomic E-state index is 11.7. The summed E-state index contributed by atoms with van der Waals surface area (Å²) >= 11 is 0. The van der Waals surface area contributed by atoms with Crippen molar-refractivity contribution in [3.05, 3.63) is 30.0 Å². The molecule has 0 atom stereocenters. The summed E-state index contributed by atoms with van der Waals surface area (Å²) in [4.78, 5) is 15.7. The fraction of sp³-hybridized carbons (Fsp3) is 0.167. The molecule has 3 N–H and O–H groups in total. The van der Waals surface area contributed by atoms with Gasteiger partial charge in [-0.25, -0.2) is 4.79 Å². The summed E-state index contributed by atoms with van der Waals surface area (Å²) in [6, 6.07) is 4.77. The lowest BCUT2D eigenvalue weighted by atomic mass is 10.1. The van der Waals surface area contributed by atoms with Gasteiger partial charge in [0.15, 0.2) is 5.75 Å². The summed E-state index contributed by atoms with van der Waals surface area (Å²) in [5.74, 6) is -0.592. The Bertz CT molecular complexity index is 581. The third-order valence-electron chi connectivity index (χ3n) is 2.39. The molecule has 2 rings (SSSR count). The molecule has 1 aromatic heterocycles. The Morgan fingerprint density at radius 2 is 2.35 bits per heavy atom. The summed E-state index contributed by atoms with van der Waals surface area (Å²) in [6.07, 6.45) is 1.52. The van der Waals surface area contributed by atoms with Crippen molar-refractivity contribution < 1.29 is 14.6 Å². The van der Waals surface area contributed by atoms with Crippen LogP contribution in [0.25, 0.3) is 10.9 Å². The Balaban J connectivity index is 2.71. The molecule has 0 spiro atoms. The second-order valence-electron chi connectivity index (χ2n) is 3.48. The number of nitrogens with zero attached hydrogens (tertiary/aromatic N) is 1. The molecule has 17 heavy (non-hydrogen) atoms. The lowest BCUT2D eigenvalue weighted by Gasteiger charge is -2.08. The molecule has 0 aliphatic rings. The van der Waals surface area contributed by atoms with Crippen LogP contribution in [0.15, 0.2) is 24.4 Å². The zero-order valence-electron chi connectivity index (χ0n) is 9.30. The van der Waals surface area contributed by atoms with E-state index in [1.807, 2.05) is 0 Å². The van der Waals surface area contributed by atoms with E-state index < -0.39 is 5.97 Å². The van der Waals surface area contributed by atoms with Gasteiger partial charge < -0.3 is 15.6 Å². The number of carbonyl (C=O) groups is 1. The standard InChI is InChI=1S/C12H12N2O3/c1-2-17-12(16)8-6-9(13)11(15)10-7(8)4-3-5-14-10/h3-6,15H,2,13H2,1H3. The molecule has 2 aromatic rings. The van der Waals surface area contributed by atoms with E-state index in [2.05, 4.69) is 4.98 Å². The van der Waals surface area contributed by atoms with Crippen LogP contribution in [0.5, 0.6) is 5.75 Å². The van der Waals surface area contributed by atoms with E-state index in [0.717, 1.165) is 0 Å². The topological polar surface area (TPSA) is 85.4 Å². The normalized spacial score (nSPS) is 10.4. The van der Waals surface area contributed by atoms with Crippen molar-refractivity contribution in [2.75, 3.05) is 12.3 Å². The van der Waals surface area contributed by atoms with Gasteiger partial charge in [-0.05, 0) is 19.1 Å². The van der Waals surface area contributed by atoms with Crippen LogP contribution in [-0.4, -0.2) is 22.7 Å². The van der Waals surface area contributed by atoms with Crippen molar-refractivity contribution in [3.8, 4) is 5.75 Å². The number of nitrogen functional groups attached to an aromatic ring is 1. The number of phenols is 1. The SMILES string of the molecule is CCOC(=O)c1cc(N)c(O)c2ncccc12. The Kier molecular flexibility index (Phi) is 2.82. The van der Waals surface area contributed by atoms with Gasteiger partial charge in [-0.3, -0.25) is 4.98 Å². The fourth-order valence-electron chi connectivity index (χ4n) is 1.63. The highest BCUT2D eigenvalue weighted by Gasteiger charge is 2.16. The molecule has 0 aliphatic heterocycles. The quantitative estimate of drug-likeness (QED) is 0.467. The van der Waals surface area contributed by atoms with Gasteiger partial charge in [-0.15, -0.1) is 0 Å². The molecular formula is C12H12N2O3. The summed E-state index contributed by atoms with van der Waals surface area (Å²) in [5, 5.41) is 10.3. The maximum atomic E-state index is 11.7. The monoisotopic (exact) mass is 232 g/mol. The van der Waals surface area contributed by atoms with Crippen molar-refractivity contribution in [3.63, 3.8) is 0 Å². The number of hydrogen-bond donors (Lipinski definition) is 2. The van der Waals surface area contributed by atoms with E-state index in [-0.39, 0.29) is 18.0 Å². The van der Waals surface area contributed by atoms with Gasteiger partial charge in [0.2, 0.25) is 0 Å². The zero-order valence-corrected chi connectivity index (χ0v) is 9.30. The van der Waals surface area contributed by atoms with Crippen molar-refractivity contribution >= 4 is 22.6 Å². The fourth-order valence-corrected chi connectivity index (χ4v) is 1.63. The number of hydrogen-bond acceptors (Lipinski definition) is 5. The van der Waals surface area contributed by atoms with Crippen LogP contribution < -0.4 is 5.73 Å². The average Bonchev–Trinajstić information content (AvgIpc) is 2.34. The summed E-state index contributed by atoms with van der Waals surface area (Å²) in [6.45, 7) is 2.00. The largest absolute Gasteiger partial charge is 0.504 e. The predicted molar refractivity (Wildman–Crippen MR) is 63.8 cm³/mol. The van der Waals surface area contributed by atoms with Crippen LogP contribution in [0.3, 0.4) is 0 Å². The molecule has 88 valence electrons. The van der Waals surface area contributed by atoms with Crippen LogP contribution in [0, 0.1) is 0 Å². The minimum Gasteiger partial charge on any atom is -0.504 e. The minimum absolute atomic E-state index is 0.110. The number of esters is 1. The second-order valence-corrected chi connectivity index (χ2v) is 3.48. The van der Waals surface area contributed by atoms with Crippen LogP contribution in [0.1, 0.15) is 17.3 Å². The smallest absolute Gasteiger partial charge is 0.338 e. The Hall–Kier alpha value is -2.30. The minimum atomic E-state index is -0.475. The highest BCUT2D eigenvalue weighted by Crippen LogP contribution is 2.32. The molecule has 1 heterocycles. The number of ether oxygens (including phenoxy) is 1. The molecule has 0 fully saturated rings. The number of phenolic OH excluding ortho intramolecular Hbond substituents is 1. The number of nitrogens with two attached hydrogens (primary N) is 1. The number of benzene rings is 1. The van der Waals surface area contributed by atoms with Gasteiger partial charge in [-0.2, -0.15) is 0 Å². The van der Waals surface area contributed by atoms with Gasteiger partial charge in [0.25, 0.3) is 0 Å². The highest BCUT2D eigenvalue weighted by atomic mass is 16.5. The van der Waals surface area contributed by atoms with Crippen LogP contribution in [-0.2, 0) is 4.74 Å². The molecule has 0 aliphatic carbocycles. The number of anilines is 1. The van der Waals surface area contributed by atoms with E-state index in [4.69, 9.17) is 10.5 Å². The van der Waals surface area contributed by atoms with E-state index in [0.29, 0.717) is 16.5 Å². The van der Waals surface area contributed by atoms with Crippen molar-refractivity contribution in [1.82, 2.24) is 4.98 Å². The predicted octanol–water partition coefficient (Wildman–Crippen LogP) is 1.70. The Morgan fingerprint density at radius 1 is 1.59 bits per heavy atom.